The van der Waals surface area contributed by atoms with E-state index in [0.29, 0.717) is 5.56 Å². The van der Waals surface area contributed by atoms with E-state index in [4.69, 9.17) is 10.00 Å². The van der Waals surface area contributed by atoms with Gasteiger partial charge in [-0.05, 0) is 16.7 Å². The summed E-state index contributed by atoms with van der Waals surface area (Å²) in [5.41, 5.74) is 3.04. The first kappa shape index (κ1) is 17.2. The third-order valence-corrected chi connectivity index (χ3v) is 4.03. The molecule has 3 aromatic carbocycles. The summed E-state index contributed by atoms with van der Waals surface area (Å²) in [6.07, 6.45) is 0. The summed E-state index contributed by atoms with van der Waals surface area (Å²) in [4.78, 5) is 8.57. The minimum atomic E-state index is -2.86. The van der Waals surface area contributed by atoms with Crippen LogP contribution in [0.1, 0.15) is 11.4 Å². The van der Waals surface area contributed by atoms with Crippen molar-refractivity contribution in [3.05, 3.63) is 96.6 Å². The van der Waals surface area contributed by atoms with E-state index in [9.17, 15) is 4.57 Å². The Morgan fingerprint density at radius 1 is 0.652 bits per heavy atom. The molecule has 118 valence electrons. The SMILES string of the molecule is O=[PH](O)C(O)c1ccccc1.c1ccc(-c2ccccc2)cc1. The molecule has 2 unspecified atom stereocenters. The van der Waals surface area contributed by atoms with Gasteiger partial charge < -0.3 is 10.00 Å². The van der Waals surface area contributed by atoms with Crippen molar-refractivity contribution >= 4 is 8.03 Å². The number of aliphatic hydroxyl groups excluding tert-OH is 1. The van der Waals surface area contributed by atoms with Gasteiger partial charge in [0, 0.05) is 0 Å². The lowest BCUT2D eigenvalue weighted by molar-refractivity contribution is 0.243. The summed E-state index contributed by atoms with van der Waals surface area (Å²) in [6, 6.07) is 29.2. The zero-order valence-corrected chi connectivity index (χ0v) is 13.5. The van der Waals surface area contributed by atoms with Crippen LogP contribution in [0.25, 0.3) is 11.1 Å². The van der Waals surface area contributed by atoms with Gasteiger partial charge >= 0.3 is 0 Å². The second kappa shape index (κ2) is 9.06. The van der Waals surface area contributed by atoms with Gasteiger partial charge in [0.1, 0.15) is 0 Å². The fourth-order valence-corrected chi connectivity index (χ4v) is 2.52. The number of hydrogen-bond acceptors (Lipinski definition) is 2. The molecule has 0 aliphatic carbocycles. The molecule has 4 heteroatoms. The van der Waals surface area contributed by atoms with Crippen LogP contribution in [0.4, 0.5) is 0 Å². The van der Waals surface area contributed by atoms with Crippen LogP contribution in [0.3, 0.4) is 0 Å². The molecule has 0 radical (unpaired) electrons. The lowest BCUT2D eigenvalue weighted by Gasteiger charge is -2.04. The molecular formula is C19H19O3P. The topological polar surface area (TPSA) is 57.5 Å². The van der Waals surface area contributed by atoms with Gasteiger partial charge in [-0.3, -0.25) is 4.57 Å². The Bertz CT molecular complexity index is 678. The number of benzene rings is 3. The highest BCUT2D eigenvalue weighted by atomic mass is 31.1. The van der Waals surface area contributed by atoms with E-state index in [0.717, 1.165) is 0 Å². The van der Waals surface area contributed by atoms with Crippen LogP contribution in [0.15, 0.2) is 91.0 Å². The number of rotatable bonds is 3. The highest BCUT2D eigenvalue weighted by molar-refractivity contribution is 7.38. The van der Waals surface area contributed by atoms with E-state index < -0.39 is 13.9 Å². The van der Waals surface area contributed by atoms with E-state index >= 15 is 0 Å². The van der Waals surface area contributed by atoms with Crippen molar-refractivity contribution in [1.82, 2.24) is 0 Å². The molecular weight excluding hydrogens is 307 g/mol. The quantitative estimate of drug-likeness (QED) is 0.697. The van der Waals surface area contributed by atoms with Crippen molar-refractivity contribution in [2.75, 3.05) is 0 Å². The van der Waals surface area contributed by atoms with E-state index in [1.54, 1.807) is 30.3 Å². The molecule has 2 N–H and O–H groups in total. The standard InChI is InChI=1S/C12H10.C7H9O3P/c1-3-7-11(8-4-1)12-9-5-2-6-10-12;8-7(11(9)10)6-4-2-1-3-5-6/h1-10H;1-5,7-8,11H,(H,9,10). The van der Waals surface area contributed by atoms with Gasteiger partial charge in [0.25, 0.3) is 0 Å². The van der Waals surface area contributed by atoms with Gasteiger partial charge in [0.05, 0.1) is 0 Å². The largest absolute Gasteiger partial charge is 0.378 e. The van der Waals surface area contributed by atoms with Gasteiger partial charge in [0.15, 0.2) is 5.85 Å². The summed E-state index contributed by atoms with van der Waals surface area (Å²) in [5, 5.41) is 9.08. The second-order valence-electron chi connectivity index (χ2n) is 4.88. The van der Waals surface area contributed by atoms with Crippen molar-refractivity contribution in [3.8, 4) is 11.1 Å². The van der Waals surface area contributed by atoms with E-state index in [2.05, 4.69) is 48.5 Å². The van der Waals surface area contributed by atoms with Crippen LogP contribution in [-0.2, 0) is 4.57 Å². The highest BCUT2D eigenvalue weighted by Gasteiger charge is 2.10. The van der Waals surface area contributed by atoms with Crippen molar-refractivity contribution in [3.63, 3.8) is 0 Å². The van der Waals surface area contributed by atoms with E-state index in [1.165, 1.54) is 11.1 Å². The average Bonchev–Trinajstić information content (AvgIpc) is 2.64. The predicted molar refractivity (Wildman–Crippen MR) is 94.5 cm³/mol. The van der Waals surface area contributed by atoms with E-state index in [-0.39, 0.29) is 0 Å². The van der Waals surface area contributed by atoms with Crippen LogP contribution in [0.5, 0.6) is 0 Å². The highest BCUT2D eigenvalue weighted by Crippen LogP contribution is 2.34. The molecule has 0 fully saturated rings. The Morgan fingerprint density at radius 2 is 1.00 bits per heavy atom. The first-order chi connectivity index (χ1) is 11.2. The van der Waals surface area contributed by atoms with Crippen LogP contribution in [-0.4, -0.2) is 10.00 Å². The fraction of sp³-hybridized carbons (Fsp3) is 0.0526. The molecule has 3 aromatic rings. The minimum Gasteiger partial charge on any atom is -0.378 e. The first-order valence-electron chi connectivity index (χ1n) is 7.25. The molecule has 0 saturated carbocycles. The first-order valence-corrected chi connectivity index (χ1v) is 8.68. The average molecular weight is 326 g/mol. The summed E-state index contributed by atoms with van der Waals surface area (Å²) in [6.45, 7) is 0. The maximum Gasteiger partial charge on any atom is 0.221 e. The summed E-state index contributed by atoms with van der Waals surface area (Å²) >= 11 is 0. The normalized spacial score (nSPS) is 12.6. The lowest BCUT2D eigenvalue weighted by Crippen LogP contribution is -1.89. The molecule has 0 amide bonds. The van der Waals surface area contributed by atoms with Crippen molar-refractivity contribution in [1.29, 1.82) is 0 Å². The molecule has 3 rings (SSSR count). The molecule has 3 nitrogen and oxygen atoms in total. The zero-order valence-electron chi connectivity index (χ0n) is 12.5. The van der Waals surface area contributed by atoms with Gasteiger partial charge in [-0.2, -0.15) is 0 Å². The molecule has 0 saturated heterocycles. The molecule has 0 bridgehead atoms. The number of hydrogen-bond donors (Lipinski definition) is 2. The minimum absolute atomic E-state index is 0.485. The zero-order chi connectivity index (χ0) is 16.5. The van der Waals surface area contributed by atoms with Gasteiger partial charge in [-0.25, -0.2) is 0 Å². The molecule has 23 heavy (non-hydrogen) atoms. The Balaban J connectivity index is 0.000000168. The molecule has 0 aromatic heterocycles. The maximum absolute atomic E-state index is 10.4. The van der Waals surface area contributed by atoms with Gasteiger partial charge in [-0.15, -0.1) is 0 Å². The van der Waals surface area contributed by atoms with Crippen LogP contribution in [0, 0.1) is 0 Å². The lowest BCUT2D eigenvalue weighted by atomic mass is 10.1. The van der Waals surface area contributed by atoms with Crippen LogP contribution >= 0.6 is 8.03 Å². The molecule has 0 aliphatic rings. The Hall–Kier alpha value is -2.19. The van der Waals surface area contributed by atoms with Crippen molar-refractivity contribution < 1.29 is 14.6 Å². The molecule has 0 aliphatic heterocycles. The molecule has 2 atom stereocenters. The van der Waals surface area contributed by atoms with Crippen LogP contribution in [0.2, 0.25) is 0 Å². The summed E-state index contributed by atoms with van der Waals surface area (Å²) in [7, 11) is -2.86. The monoisotopic (exact) mass is 326 g/mol. The fourth-order valence-electron chi connectivity index (χ4n) is 2.04. The maximum atomic E-state index is 10.4. The molecule has 0 spiro atoms. The van der Waals surface area contributed by atoms with E-state index in [1.807, 2.05) is 12.1 Å². The van der Waals surface area contributed by atoms with Crippen molar-refractivity contribution in [2.45, 2.75) is 5.85 Å². The third-order valence-electron chi connectivity index (χ3n) is 3.23. The summed E-state index contributed by atoms with van der Waals surface area (Å²) in [5.74, 6) is -1.22. The Morgan fingerprint density at radius 3 is 1.35 bits per heavy atom. The predicted octanol–water partition coefficient (Wildman–Crippen LogP) is 4.50. The van der Waals surface area contributed by atoms with Gasteiger partial charge in [-0.1, -0.05) is 91.0 Å². The Labute approximate surface area is 136 Å². The molecule has 0 heterocycles. The summed E-state index contributed by atoms with van der Waals surface area (Å²) < 4.78 is 10.4. The van der Waals surface area contributed by atoms with Crippen LogP contribution < -0.4 is 0 Å². The second-order valence-corrected chi connectivity index (χ2v) is 6.11. The van der Waals surface area contributed by atoms with Crippen molar-refractivity contribution in [2.24, 2.45) is 0 Å². The number of aliphatic hydroxyl groups is 1. The Kier molecular flexibility index (Phi) is 6.76. The van der Waals surface area contributed by atoms with Gasteiger partial charge in [0.2, 0.25) is 8.03 Å². The third kappa shape index (κ3) is 5.50. The smallest absolute Gasteiger partial charge is 0.221 e.